The third-order valence-corrected chi connectivity index (χ3v) is 2.72. The topological polar surface area (TPSA) is 57.6 Å². The van der Waals surface area contributed by atoms with Crippen LogP contribution in [0.5, 0.6) is 0 Å². The Kier molecular flexibility index (Phi) is 3.19. The Bertz CT molecular complexity index is 473. The normalized spacial score (nSPS) is 14.4. The molecule has 1 aromatic carbocycles. The molecule has 0 saturated carbocycles. The van der Waals surface area contributed by atoms with Crippen molar-refractivity contribution in [3.8, 4) is 0 Å². The number of carbonyl (C=O) groups excluding carboxylic acids is 2. The fourth-order valence-electron chi connectivity index (χ4n) is 1.88. The van der Waals surface area contributed by atoms with Crippen LogP contribution in [-0.2, 0) is 4.79 Å². The molecule has 0 spiro atoms. The van der Waals surface area contributed by atoms with Gasteiger partial charge < -0.3 is 10.0 Å². The van der Waals surface area contributed by atoms with Gasteiger partial charge in [0.25, 0.3) is 11.7 Å². The van der Waals surface area contributed by atoms with E-state index in [2.05, 4.69) is 0 Å². The molecule has 1 aliphatic rings. The highest BCUT2D eigenvalue weighted by molar-refractivity contribution is 6.52. The van der Waals surface area contributed by atoms with Crippen molar-refractivity contribution >= 4 is 17.4 Å². The number of nitrogens with zero attached hydrogens (tertiary/aromatic N) is 1. The number of ketones is 1. The summed E-state index contributed by atoms with van der Waals surface area (Å²) in [7, 11) is 0. The highest BCUT2D eigenvalue weighted by Gasteiger charge is 2.35. The van der Waals surface area contributed by atoms with Crippen LogP contribution in [-0.4, -0.2) is 29.9 Å². The van der Waals surface area contributed by atoms with Crippen molar-refractivity contribution in [1.29, 1.82) is 0 Å². The fraction of sp³-hybridized carbons (Fsp3) is 0.333. The highest BCUT2D eigenvalue weighted by atomic mass is 19.1. The van der Waals surface area contributed by atoms with E-state index in [0.29, 0.717) is 25.1 Å². The third kappa shape index (κ3) is 2.06. The van der Waals surface area contributed by atoms with Crippen LogP contribution in [0, 0.1) is 5.82 Å². The standard InChI is InChI=1S/C12H12FNO3/c13-8-3-4-10-9(7-8)11(16)12(17)14(10)5-1-2-6-15/h3-4,7,15H,1-2,5-6H2. The Balaban J connectivity index is 2.25. The number of Topliss-reactive ketones (excluding diaryl/α,β-unsaturated/α-hetero) is 1. The van der Waals surface area contributed by atoms with Gasteiger partial charge in [0.1, 0.15) is 5.82 Å². The van der Waals surface area contributed by atoms with Crippen LogP contribution in [0.25, 0.3) is 0 Å². The number of rotatable bonds is 4. The molecule has 1 N–H and O–H groups in total. The number of fused-ring (bicyclic) bond motifs is 1. The first-order chi connectivity index (χ1) is 8.15. The Morgan fingerprint density at radius 3 is 2.71 bits per heavy atom. The minimum atomic E-state index is -0.663. The minimum absolute atomic E-state index is 0.0479. The number of halogens is 1. The largest absolute Gasteiger partial charge is 0.396 e. The van der Waals surface area contributed by atoms with E-state index in [1.807, 2.05) is 0 Å². The van der Waals surface area contributed by atoms with Gasteiger partial charge in [-0.25, -0.2) is 4.39 Å². The number of aliphatic hydroxyl groups excluding tert-OH is 1. The molecular formula is C12H12FNO3. The zero-order valence-electron chi connectivity index (χ0n) is 9.15. The maximum absolute atomic E-state index is 13.0. The molecule has 0 atom stereocenters. The van der Waals surface area contributed by atoms with Crippen molar-refractivity contribution in [2.24, 2.45) is 0 Å². The molecular weight excluding hydrogens is 225 g/mol. The van der Waals surface area contributed by atoms with Crippen molar-refractivity contribution in [2.45, 2.75) is 12.8 Å². The molecule has 2 rings (SSSR count). The van der Waals surface area contributed by atoms with E-state index in [4.69, 9.17) is 5.11 Å². The second kappa shape index (κ2) is 4.63. The Hall–Kier alpha value is -1.75. The Morgan fingerprint density at radius 2 is 2.00 bits per heavy atom. The summed E-state index contributed by atoms with van der Waals surface area (Å²) >= 11 is 0. The van der Waals surface area contributed by atoms with Gasteiger partial charge in [-0.1, -0.05) is 0 Å². The molecule has 0 bridgehead atoms. The predicted octanol–water partition coefficient (Wildman–Crippen LogP) is 1.13. The highest BCUT2D eigenvalue weighted by Crippen LogP contribution is 2.29. The average molecular weight is 237 g/mol. The summed E-state index contributed by atoms with van der Waals surface area (Å²) in [5, 5.41) is 8.67. The quantitative estimate of drug-likeness (QED) is 0.630. The first-order valence-corrected chi connectivity index (χ1v) is 5.41. The lowest BCUT2D eigenvalue weighted by atomic mass is 10.1. The van der Waals surface area contributed by atoms with E-state index < -0.39 is 17.5 Å². The molecule has 0 radical (unpaired) electrons. The smallest absolute Gasteiger partial charge is 0.299 e. The van der Waals surface area contributed by atoms with Crippen molar-refractivity contribution in [2.75, 3.05) is 18.1 Å². The predicted molar refractivity (Wildman–Crippen MR) is 59.4 cm³/mol. The van der Waals surface area contributed by atoms with Gasteiger partial charge in [-0.05, 0) is 31.0 Å². The summed E-state index contributed by atoms with van der Waals surface area (Å²) in [6, 6.07) is 3.75. The van der Waals surface area contributed by atoms with Crippen LogP contribution in [0.15, 0.2) is 18.2 Å². The maximum atomic E-state index is 13.0. The summed E-state index contributed by atoms with van der Waals surface area (Å²) in [6.07, 6.45) is 1.17. The van der Waals surface area contributed by atoms with Gasteiger partial charge in [-0.2, -0.15) is 0 Å². The van der Waals surface area contributed by atoms with Crippen LogP contribution < -0.4 is 4.90 Å². The van der Waals surface area contributed by atoms with Crippen molar-refractivity contribution < 1.29 is 19.1 Å². The van der Waals surface area contributed by atoms with Crippen LogP contribution in [0.2, 0.25) is 0 Å². The van der Waals surface area contributed by atoms with Gasteiger partial charge in [-0.15, -0.1) is 0 Å². The van der Waals surface area contributed by atoms with Gasteiger partial charge in [-0.3, -0.25) is 9.59 Å². The van der Waals surface area contributed by atoms with Gasteiger partial charge in [0.2, 0.25) is 0 Å². The van der Waals surface area contributed by atoms with E-state index in [0.717, 1.165) is 6.07 Å². The molecule has 1 aromatic rings. The average Bonchev–Trinajstić information content (AvgIpc) is 2.54. The summed E-state index contributed by atoms with van der Waals surface area (Å²) < 4.78 is 13.0. The summed E-state index contributed by atoms with van der Waals surface area (Å²) in [6.45, 7) is 0.413. The number of hydrogen-bond acceptors (Lipinski definition) is 3. The van der Waals surface area contributed by atoms with Gasteiger partial charge in [0, 0.05) is 13.2 Å². The van der Waals surface area contributed by atoms with E-state index >= 15 is 0 Å². The molecule has 1 aliphatic heterocycles. The number of unbranched alkanes of at least 4 members (excludes halogenated alkanes) is 1. The lowest BCUT2D eigenvalue weighted by Gasteiger charge is -2.15. The second-order valence-corrected chi connectivity index (χ2v) is 3.88. The van der Waals surface area contributed by atoms with Crippen LogP contribution in [0.1, 0.15) is 23.2 Å². The van der Waals surface area contributed by atoms with Crippen LogP contribution in [0.3, 0.4) is 0 Å². The molecule has 90 valence electrons. The third-order valence-electron chi connectivity index (χ3n) is 2.72. The van der Waals surface area contributed by atoms with E-state index in [1.165, 1.54) is 17.0 Å². The van der Waals surface area contributed by atoms with Gasteiger partial charge >= 0.3 is 0 Å². The van der Waals surface area contributed by atoms with E-state index in [-0.39, 0.29) is 12.2 Å². The second-order valence-electron chi connectivity index (χ2n) is 3.88. The van der Waals surface area contributed by atoms with E-state index in [1.54, 1.807) is 0 Å². The maximum Gasteiger partial charge on any atom is 0.299 e. The lowest BCUT2D eigenvalue weighted by Crippen LogP contribution is -2.30. The minimum Gasteiger partial charge on any atom is -0.396 e. The van der Waals surface area contributed by atoms with E-state index in [9.17, 15) is 14.0 Å². The number of anilines is 1. The van der Waals surface area contributed by atoms with Crippen molar-refractivity contribution in [3.05, 3.63) is 29.6 Å². The van der Waals surface area contributed by atoms with Crippen molar-refractivity contribution in [1.82, 2.24) is 0 Å². The Morgan fingerprint density at radius 1 is 1.24 bits per heavy atom. The van der Waals surface area contributed by atoms with Crippen molar-refractivity contribution in [3.63, 3.8) is 0 Å². The first-order valence-electron chi connectivity index (χ1n) is 5.41. The van der Waals surface area contributed by atoms with Gasteiger partial charge in [0.05, 0.1) is 11.3 Å². The molecule has 0 aromatic heterocycles. The van der Waals surface area contributed by atoms with Crippen LogP contribution in [0.4, 0.5) is 10.1 Å². The summed E-state index contributed by atoms with van der Waals surface area (Å²) in [5.41, 5.74) is 0.582. The molecule has 0 unspecified atom stereocenters. The number of carbonyl (C=O) groups is 2. The number of aliphatic hydroxyl groups is 1. The Labute approximate surface area is 97.7 Å². The molecule has 1 heterocycles. The number of hydrogen-bond donors (Lipinski definition) is 1. The number of amides is 1. The first kappa shape index (κ1) is 11.7. The summed E-state index contributed by atoms with van der Waals surface area (Å²) in [4.78, 5) is 24.6. The molecule has 17 heavy (non-hydrogen) atoms. The molecule has 0 fully saturated rings. The van der Waals surface area contributed by atoms with Gasteiger partial charge in [0.15, 0.2) is 0 Å². The SMILES string of the molecule is O=C1C(=O)N(CCCCO)c2ccc(F)cc21. The molecule has 1 amide bonds. The number of benzene rings is 1. The molecule has 4 nitrogen and oxygen atoms in total. The van der Waals surface area contributed by atoms with Crippen LogP contribution >= 0.6 is 0 Å². The zero-order chi connectivity index (χ0) is 12.4. The monoisotopic (exact) mass is 237 g/mol. The fourth-order valence-corrected chi connectivity index (χ4v) is 1.88. The zero-order valence-corrected chi connectivity index (χ0v) is 9.15. The molecule has 0 saturated heterocycles. The lowest BCUT2D eigenvalue weighted by molar-refractivity contribution is -0.114. The summed E-state index contributed by atoms with van der Waals surface area (Å²) in [5.74, 6) is -1.81. The molecule has 5 heteroatoms. The molecule has 0 aliphatic carbocycles.